The minimum absolute atomic E-state index is 0.0208. The van der Waals surface area contributed by atoms with Crippen molar-refractivity contribution in [1.82, 2.24) is 5.32 Å². The quantitative estimate of drug-likeness (QED) is 0.725. The zero-order chi connectivity index (χ0) is 15.1. The van der Waals surface area contributed by atoms with E-state index < -0.39 is 5.54 Å². The van der Waals surface area contributed by atoms with E-state index in [1.165, 1.54) is 0 Å². The summed E-state index contributed by atoms with van der Waals surface area (Å²) in [5.74, 6) is 0.672. The van der Waals surface area contributed by atoms with Gasteiger partial charge in [-0.25, -0.2) is 0 Å². The van der Waals surface area contributed by atoms with Gasteiger partial charge in [0.25, 0.3) is 0 Å². The minimum atomic E-state index is -0.656. The first-order valence-electron chi connectivity index (χ1n) is 6.92. The third kappa shape index (κ3) is 3.61. The number of likely N-dealkylation sites (N-methyl/N-ethyl adjacent to an activating group) is 1. The third-order valence-corrected chi connectivity index (χ3v) is 3.64. The van der Waals surface area contributed by atoms with Gasteiger partial charge >= 0.3 is 0 Å². The van der Waals surface area contributed by atoms with Crippen molar-refractivity contribution in [3.8, 4) is 5.75 Å². The van der Waals surface area contributed by atoms with Crippen molar-refractivity contribution in [1.29, 1.82) is 0 Å². The average molecular weight is 287 g/mol. The Morgan fingerprint density at radius 3 is 2.43 bits per heavy atom. The van der Waals surface area contributed by atoms with E-state index in [9.17, 15) is 5.11 Å². The van der Waals surface area contributed by atoms with Gasteiger partial charge in [-0.2, -0.15) is 0 Å². The zero-order valence-electron chi connectivity index (χ0n) is 12.1. The van der Waals surface area contributed by atoms with Gasteiger partial charge in [-0.15, -0.1) is 0 Å². The lowest BCUT2D eigenvalue weighted by Crippen LogP contribution is -2.48. The van der Waals surface area contributed by atoms with E-state index in [1.54, 1.807) is 13.1 Å². The molecule has 3 N–H and O–H groups in total. The molecule has 0 heterocycles. The molecular weight excluding hydrogens is 266 g/mol. The maximum Gasteiger partial charge on any atom is 0.119 e. The molecule has 2 rings (SSSR count). The molecule has 0 aliphatic rings. The Kier molecular flexibility index (Phi) is 5.33. The molecule has 4 heteroatoms. The fraction of sp³-hybridized carbons (Fsp3) is 0.294. The van der Waals surface area contributed by atoms with E-state index in [1.807, 2.05) is 48.5 Å². The maximum absolute atomic E-state index is 9.83. The summed E-state index contributed by atoms with van der Waals surface area (Å²) < 4.78 is 5.82. The molecule has 0 aromatic heterocycles. The molecule has 112 valence electrons. The van der Waals surface area contributed by atoms with E-state index in [4.69, 9.17) is 9.84 Å². The highest BCUT2D eigenvalue weighted by atomic mass is 16.5. The molecule has 2 aromatic rings. The van der Waals surface area contributed by atoms with Crippen molar-refractivity contribution < 1.29 is 14.9 Å². The van der Waals surface area contributed by atoms with Crippen LogP contribution >= 0.6 is 0 Å². The standard InChI is InChI=1S/C17H21NO3/c1-18-17(12-20,15-7-3-2-4-8-15)13-21-16-9-5-6-14(10-16)11-19/h2-10,18-20H,11-13H2,1H3. The highest BCUT2D eigenvalue weighted by Gasteiger charge is 2.30. The molecule has 4 nitrogen and oxygen atoms in total. The highest BCUT2D eigenvalue weighted by Crippen LogP contribution is 2.23. The van der Waals surface area contributed by atoms with Gasteiger partial charge in [0.2, 0.25) is 0 Å². The molecule has 0 saturated carbocycles. The van der Waals surface area contributed by atoms with Crippen LogP contribution in [0.5, 0.6) is 5.75 Å². The minimum Gasteiger partial charge on any atom is -0.491 e. The molecule has 0 spiro atoms. The van der Waals surface area contributed by atoms with E-state index in [-0.39, 0.29) is 13.2 Å². The Morgan fingerprint density at radius 2 is 1.81 bits per heavy atom. The second-order valence-corrected chi connectivity index (χ2v) is 4.95. The zero-order valence-corrected chi connectivity index (χ0v) is 12.1. The number of hydrogen-bond acceptors (Lipinski definition) is 4. The Hall–Kier alpha value is -1.88. The first kappa shape index (κ1) is 15.5. The SMILES string of the molecule is CNC(CO)(COc1cccc(CO)c1)c1ccccc1. The predicted molar refractivity (Wildman–Crippen MR) is 82.1 cm³/mol. The van der Waals surface area contributed by atoms with Crippen LogP contribution in [0.1, 0.15) is 11.1 Å². The number of benzene rings is 2. The van der Waals surface area contributed by atoms with Crippen LogP contribution in [-0.4, -0.2) is 30.5 Å². The lowest BCUT2D eigenvalue weighted by Gasteiger charge is -2.32. The molecule has 1 unspecified atom stereocenters. The molecule has 0 radical (unpaired) electrons. The highest BCUT2D eigenvalue weighted by molar-refractivity contribution is 5.29. The van der Waals surface area contributed by atoms with E-state index >= 15 is 0 Å². The van der Waals surface area contributed by atoms with Gasteiger partial charge in [-0.05, 0) is 30.3 Å². The van der Waals surface area contributed by atoms with Crippen molar-refractivity contribution in [3.05, 3.63) is 65.7 Å². The lowest BCUT2D eigenvalue weighted by molar-refractivity contribution is 0.108. The summed E-state index contributed by atoms with van der Waals surface area (Å²) in [5.41, 5.74) is 1.11. The second kappa shape index (κ2) is 7.22. The molecule has 0 aliphatic heterocycles. The summed E-state index contributed by atoms with van der Waals surface area (Å²) in [4.78, 5) is 0. The fourth-order valence-corrected chi connectivity index (χ4v) is 2.21. The van der Waals surface area contributed by atoms with Crippen LogP contribution in [0.15, 0.2) is 54.6 Å². The van der Waals surface area contributed by atoms with Gasteiger partial charge in [0.15, 0.2) is 0 Å². The third-order valence-electron chi connectivity index (χ3n) is 3.64. The van der Waals surface area contributed by atoms with Crippen LogP contribution in [0.4, 0.5) is 0 Å². The van der Waals surface area contributed by atoms with Crippen LogP contribution in [0.2, 0.25) is 0 Å². The molecule has 0 aliphatic carbocycles. The van der Waals surface area contributed by atoms with Crippen molar-refractivity contribution in [2.75, 3.05) is 20.3 Å². The number of aliphatic hydroxyl groups excluding tert-OH is 2. The fourth-order valence-electron chi connectivity index (χ4n) is 2.21. The first-order valence-corrected chi connectivity index (χ1v) is 6.92. The van der Waals surface area contributed by atoms with Crippen LogP contribution in [0.3, 0.4) is 0 Å². The first-order chi connectivity index (χ1) is 10.2. The molecule has 21 heavy (non-hydrogen) atoms. The molecule has 1 atom stereocenters. The largest absolute Gasteiger partial charge is 0.491 e. The van der Waals surface area contributed by atoms with Gasteiger partial charge in [-0.3, -0.25) is 0 Å². The number of aliphatic hydroxyl groups is 2. The van der Waals surface area contributed by atoms with Gasteiger partial charge in [0, 0.05) is 0 Å². The summed E-state index contributed by atoms with van der Waals surface area (Å²) >= 11 is 0. The summed E-state index contributed by atoms with van der Waals surface area (Å²) in [6, 6.07) is 17.0. The molecular formula is C17H21NO3. The normalized spacial score (nSPS) is 13.7. The van der Waals surface area contributed by atoms with E-state index in [2.05, 4.69) is 5.32 Å². The van der Waals surface area contributed by atoms with Gasteiger partial charge in [0.05, 0.1) is 13.2 Å². The number of nitrogens with one attached hydrogen (secondary N) is 1. The van der Waals surface area contributed by atoms with E-state index in [0.29, 0.717) is 12.4 Å². The van der Waals surface area contributed by atoms with Crippen LogP contribution in [0, 0.1) is 0 Å². The van der Waals surface area contributed by atoms with Crippen molar-refractivity contribution in [2.24, 2.45) is 0 Å². The number of ether oxygens (including phenoxy) is 1. The average Bonchev–Trinajstić information content (AvgIpc) is 2.57. The van der Waals surface area contributed by atoms with Gasteiger partial charge in [0.1, 0.15) is 17.9 Å². The Balaban J connectivity index is 2.17. The number of hydrogen-bond donors (Lipinski definition) is 3. The lowest BCUT2D eigenvalue weighted by atomic mass is 9.92. The molecule has 0 amide bonds. The monoisotopic (exact) mass is 287 g/mol. The van der Waals surface area contributed by atoms with Crippen molar-refractivity contribution in [2.45, 2.75) is 12.1 Å². The maximum atomic E-state index is 9.83. The van der Waals surface area contributed by atoms with Crippen LogP contribution in [-0.2, 0) is 12.1 Å². The molecule has 0 fully saturated rings. The summed E-state index contributed by atoms with van der Waals surface area (Å²) in [5, 5.41) is 22.1. The topological polar surface area (TPSA) is 61.7 Å². The van der Waals surface area contributed by atoms with Crippen LogP contribution in [0.25, 0.3) is 0 Å². The van der Waals surface area contributed by atoms with Crippen molar-refractivity contribution >= 4 is 0 Å². The molecule has 0 bridgehead atoms. The predicted octanol–water partition coefficient (Wildman–Crippen LogP) is 1.66. The molecule has 2 aromatic carbocycles. The van der Waals surface area contributed by atoms with Crippen molar-refractivity contribution in [3.63, 3.8) is 0 Å². The second-order valence-electron chi connectivity index (χ2n) is 4.95. The summed E-state index contributed by atoms with van der Waals surface area (Å²) in [6.07, 6.45) is 0. The Labute approximate surface area is 125 Å². The summed E-state index contributed by atoms with van der Waals surface area (Å²) in [7, 11) is 1.80. The van der Waals surface area contributed by atoms with Gasteiger partial charge < -0.3 is 20.3 Å². The number of rotatable bonds is 7. The Bertz CT molecular complexity index is 553. The van der Waals surface area contributed by atoms with Gasteiger partial charge in [-0.1, -0.05) is 42.5 Å². The summed E-state index contributed by atoms with van der Waals surface area (Å²) in [6.45, 7) is 0.194. The molecule has 0 saturated heterocycles. The Morgan fingerprint density at radius 1 is 1.05 bits per heavy atom. The van der Waals surface area contributed by atoms with Crippen LogP contribution < -0.4 is 10.1 Å². The smallest absolute Gasteiger partial charge is 0.119 e. The van der Waals surface area contributed by atoms with E-state index in [0.717, 1.165) is 11.1 Å².